The van der Waals surface area contributed by atoms with Crippen LogP contribution in [-0.2, 0) is 4.79 Å². The largest absolute Gasteiger partial charge is 0.346 e. The highest BCUT2D eigenvalue weighted by Gasteiger charge is 2.24. The summed E-state index contributed by atoms with van der Waals surface area (Å²) in [6.45, 7) is 5.44. The van der Waals surface area contributed by atoms with Gasteiger partial charge in [-0.2, -0.15) is 0 Å². The Morgan fingerprint density at radius 2 is 2.33 bits per heavy atom. The molecule has 1 aromatic heterocycles. The van der Waals surface area contributed by atoms with E-state index in [0.717, 1.165) is 36.1 Å². The molecule has 4 nitrogen and oxygen atoms in total. The van der Waals surface area contributed by atoms with E-state index in [4.69, 9.17) is 0 Å². The van der Waals surface area contributed by atoms with E-state index in [2.05, 4.69) is 15.1 Å². The van der Waals surface area contributed by atoms with Gasteiger partial charge in [0.15, 0.2) is 0 Å². The van der Waals surface area contributed by atoms with Gasteiger partial charge in [0.05, 0.1) is 0 Å². The minimum absolute atomic E-state index is 0.183. The van der Waals surface area contributed by atoms with Crippen LogP contribution < -0.4 is 4.90 Å². The Bertz CT molecular complexity index is 363. The number of piperidine rings is 1. The average molecular weight is 225 g/mol. The van der Waals surface area contributed by atoms with Crippen LogP contribution >= 0.6 is 11.3 Å². The fraction of sp³-hybridized carbons (Fsp3) is 0.700. The highest BCUT2D eigenvalue weighted by atomic mass is 32.1. The molecule has 0 N–H and O–H groups in total. The van der Waals surface area contributed by atoms with Crippen molar-refractivity contribution < 1.29 is 4.79 Å². The van der Waals surface area contributed by atoms with Crippen molar-refractivity contribution in [2.24, 2.45) is 5.92 Å². The van der Waals surface area contributed by atoms with Crippen molar-refractivity contribution in [1.29, 1.82) is 0 Å². The fourth-order valence-corrected chi connectivity index (χ4v) is 2.62. The molecule has 1 aromatic rings. The van der Waals surface area contributed by atoms with Gasteiger partial charge in [0.25, 0.3) is 0 Å². The molecule has 15 heavy (non-hydrogen) atoms. The van der Waals surface area contributed by atoms with Gasteiger partial charge >= 0.3 is 0 Å². The van der Waals surface area contributed by atoms with Crippen LogP contribution in [0, 0.1) is 12.8 Å². The van der Waals surface area contributed by atoms with Crippen molar-refractivity contribution in [3.8, 4) is 0 Å². The van der Waals surface area contributed by atoms with Gasteiger partial charge in [-0.3, -0.25) is 4.79 Å². The number of anilines is 1. The van der Waals surface area contributed by atoms with Crippen LogP contribution in [0.5, 0.6) is 0 Å². The number of nitrogens with zero attached hydrogens (tertiary/aromatic N) is 3. The van der Waals surface area contributed by atoms with Gasteiger partial charge in [-0.1, -0.05) is 11.3 Å². The minimum Gasteiger partial charge on any atom is -0.346 e. The molecule has 2 rings (SSSR count). The van der Waals surface area contributed by atoms with Crippen LogP contribution in [0.3, 0.4) is 0 Å². The highest BCUT2D eigenvalue weighted by molar-refractivity contribution is 7.15. The molecule has 1 atom stereocenters. The van der Waals surface area contributed by atoms with Gasteiger partial charge in [0, 0.05) is 19.0 Å². The van der Waals surface area contributed by atoms with Gasteiger partial charge < -0.3 is 4.90 Å². The maximum Gasteiger partial charge on any atom is 0.208 e. The lowest BCUT2D eigenvalue weighted by Crippen LogP contribution is -2.38. The standard InChI is InChI=1S/C10H15N3OS/c1-7(14)9-4-3-5-13(6-9)10-12-11-8(2)15-10/h9H,3-6H2,1-2H3. The SMILES string of the molecule is CC(=O)C1CCCN(c2nnc(C)s2)C1. The molecule has 82 valence electrons. The number of Topliss-reactive ketones (excluding diaryl/α,β-unsaturated/α-hetero) is 1. The van der Waals surface area contributed by atoms with Gasteiger partial charge in [-0.25, -0.2) is 0 Å². The van der Waals surface area contributed by atoms with Crippen LogP contribution in [0.1, 0.15) is 24.8 Å². The Morgan fingerprint density at radius 3 is 2.93 bits per heavy atom. The molecule has 0 aliphatic carbocycles. The Kier molecular flexibility index (Phi) is 3.00. The van der Waals surface area contributed by atoms with E-state index < -0.39 is 0 Å². The zero-order valence-electron chi connectivity index (χ0n) is 9.06. The number of carbonyl (C=O) groups excluding carboxylic acids is 1. The molecule has 0 aromatic carbocycles. The smallest absolute Gasteiger partial charge is 0.208 e. The Morgan fingerprint density at radius 1 is 1.53 bits per heavy atom. The number of rotatable bonds is 2. The van der Waals surface area contributed by atoms with E-state index >= 15 is 0 Å². The number of aryl methyl sites for hydroxylation is 1. The van der Waals surface area contributed by atoms with Gasteiger partial charge in [0.2, 0.25) is 5.13 Å². The van der Waals surface area contributed by atoms with E-state index in [9.17, 15) is 4.79 Å². The molecule has 2 heterocycles. The zero-order chi connectivity index (χ0) is 10.8. The van der Waals surface area contributed by atoms with Crippen LogP contribution in [0.15, 0.2) is 0 Å². The number of hydrogen-bond acceptors (Lipinski definition) is 5. The molecular weight excluding hydrogens is 210 g/mol. The quantitative estimate of drug-likeness (QED) is 0.768. The fourth-order valence-electron chi connectivity index (χ4n) is 1.90. The minimum atomic E-state index is 0.183. The molecule has 0 bridgehead atoms. The number of carbonyl (C=O) groups is 1. The predicted molar refractivity (Wildman–Crippen MR) is 60.3 cm³/mol. The second kappa shape index (κ2) is 4.26. The van der Waals surface area contributed by atoms with Crippen LogP contribution in [-0.4, -0.2) is 29.1 Å². The summed E-state index contributed by atoms with van der Waals surface area (Å²) in [6, 6.07) is 0. The summed E-state index contributed by atoms with van der Waals surface area (Å²) in [4.78, 5) is 13.5. The maximum atomic E-state index is 11.3. The first-order chi connectivity index (χ1) is 7.16. The van der Waals surface area contributed by atoms with Gasteiger partial charge in [-0.05, 0) is 26.7 Å². The molecule has 1 aliphatic rings. The van der Waals surface area contributed by atoms with E-state index in [-0.39, 0.29) is 5.92 Å². The topological polar surface area (TPSA) is 46.1 Å². The lowest BCUT2D eigenvalue weighted by Gasteiger charge is -2.30. The number of aromatic nitrogens is 2. The van der Waals surface area contributed by atoms with Crippen LogP contribution in [0.25, 0.3) is 0 Å². The monoisotopic (exact) mass is 225 g/mol. The van der Waals surface area contributed by atoms with Crippen molar-refractivity contribution in [3.05, 3.63) is 5.01 Å². The molecular formula is C10H15N3OS. The molecule has 5 heteroatoms. The van der Waals surface area contributed by atoms with Crippen molar-refractivity contribution in [1.82, 2.24) is 10.2 Å². The van der Waals surface area contributed by atoms with E-state index in [1.54, 1.807) is 18.3 Å². The molecule has 0 amide bonds. The molecule has 1 fully saturated rings. The molecule has 1 saturated heterocycles. The predicted octanol–water partition coefficient (Wildman–Crippen LogP) is 1.65. The third kappa shape index (κ3) is 2.34. The first kappa shape index (κ1) is 10.5. The van der Waals surface area contributed by atoms with Crippen LogP contribution in [0.4, 0.5) is 5.13 Å². The third-order valence-corrected chi connectivity index (χ3v) is 3.68. The molecule has 0 saturated carbocycles. The van der Waals surface area contributed by atoms with E-state index in [1.165, 1.54) is 0 Å². The number of ketones is 1. The van der Waals surface area contributed by atoms with Crippen molar-refractivity contribution in [3.63, 3.8) is 0 Å². The van der Waals surface area contributed by atoms with E-state index in [1.807, 2.05) is 6.92 Å². The zero-order valence-corrected chi connectivity index (χ0v) is 9.88. The summed E-state index contributed by atoms with van der Waals surface area (Å²) in [5.41, 5.74) is 0. The normalized spacial score (nSPS) is 21.7. The van der Waals surface area contributed by atoms with Crippen molar-refractivity contribution in [2.45, 2.75) is 26.7 Å². The summed E-state index contributed by atoms with van der Waals surface area (Å²) < 4.78 is 0. The lowest BCUT2D eigenvalue weighted by atomic mass is 9.95. The average Bonchev–Trinajstić information content (AvgIpc) is 2.65. The van der Waals surface area contributed by atoms with Crippen molar-refractivity contribution in [2.75, 3.05) is 18.0 Å². The number of hydrogen-bond donors (Lipinski definition) is 0. The van der Waals surface area contributed by atoms with Crippen LogP contribution in [0.2, 0.25) is 0 Å². The Labute approximate surface area is 93.3 Å². The highest BCUT2D eigenvalue weighted by Crippen LogP contribution is 2.25. The molecule has 0 spiro atoms. The molecule has 1 aliphatic heterocycles. The second-order valence-electron chi connectivity index (χ2n) is 4.00. The summed E-state index contributed by atoms with van der Waals surface area (Å²) in [6.07, 6.45) is 2.09. The summed E-state index contributed by atoms with van der Waals surface area (Å²) in [5.74, 6) is 0.476. The Hall–Kier alpha value is -0.970. The third-order valence-electron chi connectivity index (χ3n) is 2.78. The summed E-state index contributed by atoms with van der Waals surface area (Å²) in [7, 11) is 0. The van der Waals surface area contributed by atoms with Gasteiger partial charge in [0.1, 0.15) is 10.8 Å². The molecule has 0 radical (unpaired) electrons. The second-order valence-corrected chi connectivity index (χ2v) is 5.16. The van der Waals surface area contributed by atoms with Crippen molar-refractivity contribution >= 4 is 22.3 Å². The first-order valence-electron chi connectivity index (χ1n) is 5.22. The summed E-state index contributed by atoms with van der Waals surface area (Å²) in [5, 5.41) is 10.1. The molecule has 1 unspecified atom stereocenters. The summed E-state index contributed by atoms with van der Waals surface area (Å²) >= 11 is 1.60. The maximum absolute atomic E-state index is 11.3. The first-order valence-corrected chi connectivity index (χ1v) is 6.04. The van der Waals surface area contributed by atoms with E-state index in [0.29, 0.717) is 5.78 Å². The lowest BCUT2D eigenvalue weighted by molar-refractivity contribution is -0.120. The Balaban J connectivity index is 2.07. The van der Waals surface area contributed by atoms with Gasteiger partial charge in [-0.15, -0.1) is 10.2 Å².